The molecule has 110 valence electrons. The number of nitrogens with zero attached hydrogens (tertiary/aromatic N) is 2. The Bertz CT molecular complexity index is 465. The molecule has 0 heterocycles. The molecule has 0 aliphatic rings. The monoisotopic (exact) mass is 275 g/mol. The SMILES string of the molecule is CC(C)(C)N=C(NC(C)(C)C)ON=Cc1ccccc1. The van der Waals surface area contributed by atoms with E-state index in [9.17, 15) is 0 Å². The van der Waals surface area contributed by atoms with Crippen molar-refractivity contribution in [3.05, 3.63) is 35.9 Å². The van der Waals surface area contributed by atoms with Crippen LogP contribution in [-0.4, -0.2) is 23.3 Å². The Morgan fingerprint density at radius 3 is 2.15 bits per heavy atom. The van der Waals surface area contributed by atoms with Gasteiger partial charge < -0.3 is 10.2 Å². The second-order valence-electron chi connectivity index (χ2n) is 6.70. The highest BCUT2D eigenvalue weighted by Gasteiger charge is 2.17. The van der Waals surface area contributed by atoms with Gasteiger partial charge in [-0.15, -0.1) is 0 Å². The Labute approximate surface area is 121 Å². The Morgan fingerprint density at radius 1 is 1.05 bits per heavy atom. The predicted molar refractivity (Wildman–Crippen MR) is 85.2 cm³/mol. The van der Waals surface area contributed by atoms with Crippen molar-refractivity contribution in [2.45, 2.75) is 52.6 Å². The molecule has 1 aromatic rings. The zero-order chi connectivity index (χ0) is 15.2. The first kappa shape index (κ1) is 16.2. The van der Waals surface area contributed by atoms with E-state index in [4.69, 9.17) is 4.84 Å². The fraction of sp³-hybridized carbons (Fsp3) is 0.500. The van der Waals surface area contributed by atoms with Gasteiger partial charge in [0.05, 0.1) is 11.8 Å². The molecule has 1 N–H and O–H groups in total. The molecule has 1 rings (SSSR count). The molecule has 0 spiro atoms. The van der Waals surface area contributed by atoms with Crippen LogP contribution >= 0.6 is 0 Å². The highest BCUT2D eigenvalue weighted by molar-refractivity contribution is 5.80. The number of benzene rings is 1. The summed E-state index contributed by atoms with van der Waals surface area (Å²) in [6, 6.07) is 10.2. The van der Waals surface area contributed by atoms with Crippen molar-refractivity contribution < 1.29 is 4.84 Å². The molecule has 0 fully saturated rings. The molecule has 0 aromatic heterocycles. The number of amidine groups is 1. The summed E-state index contributed by atoms with van der Waals surface area (Å²) in [5, 5.41) is 7.21. The summed E-state index contributed by atoms with van der Waals surface area (Å²) >= 11 is 0. The lowest BCUT2D eigenvalue weighted by atomic mass is 10.1. The average Bonchev–Trinajstić information content (AvgIpc) is 2.25. The van der Waals surface area contributed by atoms with Crippen molar-refractivity contribution in [2.24, 2.45) is 10.1 Å². The third kappa shape index (κ3) is 7.56. The van der Waals surface area contributed by atoms with Gasteiger partial charge in [-0.1, -0.05) is 35.5 Å². The molecule has 0 atom stereocenters. The van der Waals surface area contributed by atoms with Crippen LogP contribution in [0.4, 0.5) is 0 Å². The first-order valence-electron chi connectivity index (χ1n) is 6.79. The first-order valence-corrected chi connectivity index (χ1v) is 6.79. The van der Waals surface area contributed by atoms with Gasteiger partial charge in [-0.25, -0.2) is 4.99 Å². The van der Waals surface area contributed by atoms with E-state index in [2.05, 4.69) is 36.2 Å². The van der Waals surface area contributed by atoms with Crippen molar-refractivity contribution >= 4 is 12.2 Å². The van der Waals surface area contributed by atoms with Crippen molar-refractivity contribution in [1.82, 2.24) is 5.32 Å². The smallest absolute Gasteiger partial charge is 0.315 e. The number of aliphatic imine (C=N–C) groups is 1. The topological polar surface area (TPSA) is 46.0 Å². The summed E-state index contributed by atoms with van der Waals surface area (Å²) in [6.07, 6.45) is 1.67. The Morgan fingerprint density at radius 2 is 1.65 bits per heavy atom. The number of hydrogen-bond acceptors (Lipinski definition) is 3. The number of nitrogens with one attached hydrogen (secondary N) is 1. The van der Waals surface area contributed by atoms with E-state index < -0.39 is 0 Å². The van der Waals surface area contributed by atoms with Gasteiger partial charge in [-0.2, -0.15) is 0 Å². The maximum absolute atomic E-state index is 5.41. The third-order valence-electron chi connectivity index (χ3n) is 2.06. The van der Waals surface area contributed by atoms with Gasteiger partial charge in [-0.3, -0.25) is 0 Å². The van der Waals surface area contributed by atoms with Gasteiger partial charge in [0.25, 0.3) is 0 Å². The van der Waals surface area contributed by atoms with Gasteiger partial charge in [0.2, 0.25) is 0 Å². The lowest BCUT2D eigenvalue weighted by Crippen LogP contribution is -2.42. The van der Waals surface area contributed by atoms with E-state index in [1.807, 2.05) is 51.1 Å². The summed E-state index contributed by atoms with van der Waals surface area (Å²) in [6.45, 7) is 12.2. The molecule has 0 aliphatic carbocycles. The standard InChI is InChI=1S/C16H25N3O/c1-15(2,3)18-14(19-16(4,5)6)20-17-12-13-10-8-7-9-11-13/h7-12H,1-6H3,(H,18,19). The summed E-state index contributed by atoms with van der Waals surface area (Å²) < 4.78 is 0. The van der Waals surface area contributed by atoms with Gasteiger partial charge in [-0.05, 0) is 47.1 Å². The normalized spacial score (nSPS) is 13.6. The van der Waals surface area contributed by atoms with E-state index >= 15 is 0 Å². The minimum Gasteiger partial charge on any atom is -0.334 e. The first-order chi connectivity index (χ1) is 9.16. The Kier molecular flexibility index (Phi) is 5.31. The molecule has 4 nitrogen and oxygen atoms in total. The molecule has 0 amide bonds. The van der Waals surface area contributed by atoms with E-state index in [1.165, 1.54) is 0 Å². The molecule has 0 aliphatic heterocycles. The van der Waals surface area contributed by atoms with Gasteiger partial charge >= 0.3 is 6.02 Å². The van der Waals surface area contributed by atoms with Crippen LogP contribution < -0.4 is 5.32 Å². The molecule has 0 saturated heterocycles. The fourth-order valence-electron chi connectivity index (χ4n) is 1.37. The highest BCUT2D eigenvalue weighted by atomic mass is 16.6. The molecule has 4 heteroatoms. The molecule has 0 saturated carbocycles. The summed E-state index contributed by atoms with van der Waals surface area (Å²) in [4.78, 5) is 9.90. The quantitative estimate of drug-likeness (QED) is 0.509. The second-order valence-corrected chi connectivity index (χ2v) is 6.70. The van der Waals surface area contributed by atoms with Crippen LogP contribution in [0.15, 0.2) is 40.5 Å². The molecular weight excluding hydrogens is 250 g/mol. The van der Waals surface area contributed by atoms with Gasteiger partial charge in [0, 0.05) is 5.54 Å². The molecule has 0 unspecified atom stereocenters. The van der Waals surface area contributed by atoms with Crippen LogP contribution in [0.3, 0.4) is 0 Å². The number of rotatable bonds is 2. The maximum atomic E-state index is 5.41. The highest BCUT2D eigenvalue weighted by Crippen LogP contribution is 2.09. The van der Waals surface area contributed by atoms with Crippen LogP contribution in [0, 0.1) is 0 Å². The van der Waals surface area contributed by atoms with Crippen molar-refractivity contribution in [1.29, 1.82) is 0 Å². The van der Waals surface area contributed by atoms with E-state index in [0.717, 1.165) is 5.56 Å². The van der Waals surface area contributed by atoms with Crippen LogP contribution in [0.25, 0.3) is 0 Å². The zero-order valence-electron chi connectivity index (χ0n) is 13.3. The maximum Gasteiger partial charge on any atom is 0.315 e. The molecule has 0 bridgehead atoms. The summed E-state index contributed by atoms with van der Waals surface area (Å²) in [5.74, 6) is 0. The Balaban J connectivity index is 2.76. The number of oxime groups is 1. The van der Waals surface area contributed by atoms with Crippen molar-refractivity contribution in [3.63, 3.8) is 0 Å². The molecule has 1 aromatic carbocycles. The third-order valence-corrected chi connectivity index (χ3v) is 2.06. The summed E-state index contributed by atoms with van der Waals surface area (Å²) in [7, 11) is 0. The minimum atomic E-state index is -0.226. The molecule has 0 radical (unpaired) electrons. The Hall–Kier alpha value is -1.84. The van der Waals surface area contributed by atoms with Crippen molar-refractivity contribution in [3.8, 4) is 0 Å². The van der Waals surface area contributed by atoms with E-state index in [0.29, 0.717) is 6.02 Å². The van der Waals surface area contributed by atoms with Crippen molar-refractivity contribution in [2.75, 3.05) is 0 Å². The zero-order valence-corrected chi connectivity index (χ0v) is 13.3. The molecular formula is C16H25N3O. The number of hydrogen-bond donors (Lipinski definition) is 1. The van der Waals surface area contributed by atoms with Crippen LogP contribution in [0.2, 0.25) is 0 Å². The van der Waals surface area contributed by atoms with E-state index in [1.54, 1.807) is 6.21 Å². The fourth-order valence-corrected chi connectivity index (χ4v) is 1.37. The molecule has 20 heavy (non-hydrogen) atoms. The van der Waals surface area contributed by atoms with E-state index in [-0.39, 0.29) is 11.1 Å². The van der Waals surface area contributed by atoms with Gasteiger partial charge in [0.15, 0.2) is 0 Å². The van der Waals surface area contributed by atoms with Gasteiger partial charge in [0.1, 0.15) is 0 Å². The summed E-state index contributed by atoms with van der Waals surface area (Å²) in [5.41, 5.74) is 0.626. The van der Waals surface area contributed by atoms with Crippen LogP contribution in [0.1, 0.15) is 47.1 Å². The lowest BCUT2D eigenvalue weighted by molar-refractivity contribution is 0.288. The lowest BCUT2D eigenvalue weighted by Gasteiger charge is -2.23. The second kappa shape index (κ2) is 6.55. The van der Waals surface area contributed by atoms with Crippen LogP contribution in [-0.2, 0) is 4.84 Å². The predicted octanol–water partition coefficient (Wildman–Crippen LogP) is 3.58. The largest absolute Gasteiger partial charge is 0.334 e. The van der Waals surface area contributed by atoms with Crippen LogP contribution in [0.5, 0.6) is 0 Å². The minimum absolute atomic E-state index is 0.133. The average molecular weight is 275 g/mol.